The molecule has 15 heavy (non-hydrogen) atoms. The molecule has 1 aliphatic carbocycles. The Kier molecular flexibility index (Phi) is 4.87. The van der Waals surface area contributed by atoms with Crippen LogP contribution in [-0.4, -0.2) is 0 Å². The van der Waals surface area contributed by atoms with Crippen LogP contribution in [0.5, 0.6) is 0 Å². The molecule has 1 aliphatic rings. The van der Waals surface area contributed by atoms with E-state index in [-0.39, 0.29) is 0 Å². The Morgan fingerprint density at radius 1 is 1.33 bits per heavy atom. The maximum absolute atomic E-state index is 4.08. The van der Waals surface area contributed by atoms with Gasteiger partial charge in [-0.3, -0.25) is 0 Å². The van der Waals surface area contributed by atoms with E-state index in [4.69, 9.17) is 0 Å². The Morgan fingerprint density at radius 3 is 2.73 bits per heavy atom. The van der Waals surface area contributed by atoms with Crippen LogP contribution in [0.15, 0.2) is 36.0 Å². The van der Waals surface area contributed by atoms with Crippen molar-refractivity contribution in [2.24, 2.45) is 11.8 Å². The monoisotopic (exact) mass is 204 g/mol. The average Bonchev–Trinajstić information content (AvgIpc) is 2.16. The van der Waals surface area contributed by atoms with Crippen molar-refractivity contribution in [2.75, 3.05) is 0 Å². The van der Waals surface area contributed by atoms with Crippen LogP contribution in [-0.2, 0) is 0 Å². The Morgan fingerprint density at radius 2 is 2.07 bits per heavy atom. The lowest BCUT2D eigenvalue weighted by Crippen LogP contribution is -2.01. The van der Waals surface area contributed by atoms with Gasteiger partial charge in [0.2, 0.25) is 0 Å². The molecule has 0 heterocycles. The van der Waals surface area contributed by atoms with Crippen molar-refractivity contribution in [3.63, 3.8) is 0 Å². The first-order valence-electron chi connectivity index (χ1n) is 6.09. The summed E-state index contributed by atoms with van der Waals surface area (Å²) in [4.78, 5) is 0. The Labute approximate surface area is 94.8 Å². The first-order chi connectivity index (χ1) is 7.09. The lowest BCUT2D eigenvalue weighted by atomic mass is 9.90. The van der Waals surface area contributed by atoms with E-state index < -0.39 is 0 Å². The van der Waals surface area contributed by atoms with Crippen LogP contribution < -0.4 is 0 Å². The van der Waals surface area contributed by atoms with Gasteiger partial charge in [0.1, 0.15) is 0 Å². The summed E-state index contributed by atoms with van der Waals surface area (Å²) in [6.07, 6.45) is 12.1. The van der Waals surface area contributed by atoms with Crippen LogP contribution in [0.4, 0.5) is 0 Å². The average molecular weight is 204 g/mol. The highest BCUT2D eigenvalue weighted by Gasteiger charge is 2.08. The Balaban J connectivity index is 2.70. The lowest BCUT2D eigenvalue weighted by molar-refractivity contribution is 0.616. The van der Waals surface area contributed by atoms with Crippen LogP contribution >= 0.6 is 0 Å². The highest BCUT2D eigenvalue weighted by atomic mass is 14.1. The molecule has 0 radical (unpaired) electrons. The van der Waals surface area contributed by atoms with Gasteiger partial charge >= 0.3 is 0 Å². The zero-order valence-corrected chi connectivity index (χ0v) is 10.4. The third-order valence-corrected chi connectivity index (χ3v) is 3.27. The van der Waals surface area contributed by atoms with Gasteiger partial charge < -0.3 is 0 Å². The van der Waals surface area contributed by atoms with E-state index in [0.29, 0.717) is 11.8 Å². The summed E-state index contributed by atoms with van der Waals surface area (Å²) in [7, 11) is 0. The molecular weight excluding hydrogens is 180 g/mol. The predicted molar refractivity (Wildman–Crippen MR) is 68.8 cm³/mol. The molecule has 84 valence electrons. The molecule has 0 N–H and O–H groups in total. The highest BCUT2D eigenvalue weighted by molar-refractivity contribution is 5.10. The second-order valence-corrected chi connectivity index (χ2v) is 4.98. The molecule has 0 nitrogen and oxygen atoms in total. The molecule has 0 aromatic rings. The number of hydrogen-bond acceptors (Lipinski definition) is 0. The van der Waals surface area contributed by atoms with Crippen molar-refractivity contribution in [3.8, 4) is 0 Å². The van der Waals surface area contributed by atoms with Gasteiger partial charge in [-0.2, -0.15) is 0 Å². The maximum atomic E-state index is 4.08. The fourth-order valence-electron chi connectivity index (χ4n) is 2.00. The SMILES string of the molecule is C=C(C)[C@H]1/C=C/[C@@H](C)CC/C=C(\C)CC1. The molecule has 0 aromatic heterocycles. The molecule has 0 saturated heterocycles. The normalized spacial score (nSPS) is 33.9. The Bertz CT molecular complexity index is 268. The Hall–Kier alpha value is -0.780. The molecule has 0 fully saturated rings. The second-order valence-electron chi connectivity index (χ2n) is 4.98. The minimum absolute atomic E-state index is 0.578. The lowest BCUT2D eigenvalue weighted by Gasteiger charge is -2.16. The van der Waals surface area contributed by atoms with Gasteiger partial charge in [0.15, 0.2) is 0 Å². The van der Waals surface area contributed by atoms with Crippen LogP contribution in [0, 0.1) is 11.8 Å². The van der Waals surface area contributed by atoms with Gasteiger partial charge in [-0.05, 0) is 51.4 Å². The van der Waals surface area contributed by atoms with E-state index in [0.717, 1.165) is 0 Å². The molecule has 2 atom stereocenters. The molecule has 0 heteroatoms. The molecule has 0 unspecified atom stereocenters. The minimum atomic E-state index is 0.578. The summed E-state index contributed by atoms with van der Waals surface area (Å²) < 4.78 is 0. The summed E-state index contributed by atoms with van der Waals surface area (Å²) in [6, 6.07) is 0. The van der Waals surface area contributed by atoms with E-state index in [1.807, 2.05) is 0 Å². The minimum Gasteiger partial charge on any atom is -0.0995 e. The number of hydrogen-bond donors (Lipinski definition) is 0. The molecule has 0 spiro atoms. The van der Waals surface area contributed by atoms with E-state index >= 15 is 0 Å². The van der Waals surface area contributed by atoms with Crippen molar-refractivity contribution in [3.05, 3.63) is 36.0 Å². The first kappa shape index (κ1) is 12.3. The van der Waals surface area contributed by atoms with Crippen molar-refractivity contribution in [1.29, 1.82) is 0 Å². The summed E-state index contributed by atoms with van der Waals surface area (Å²) in [5, 5.41) is 0. The molecule has 0 bridgehead atoms. The summed E-state index contributed by atoms with van der Waals surface area (Å²) in [5.74, 6) is 1.28. The fraction of sp³-hybridized carbons (Fsp3) is 0.600. The van der Waals surface area contributed by atoms with Gasteiger partial charge in [0.05, 0.1) is 0 Å². The van der Waals surface area contributed by atoms with Gasteiger partial charge in [-0.25, -0.2) is 0 Å². The van der Waals surface area contributed by atoms with E-state index in [1.165, 1.54) is 31.3 Å². The predicted octanol–water partition coefficient (Wildman–Crippen LogP) is 4.89. The van der Waals surface area contributed by atoms with Crippen molar-refractivity contribution in [2.45, 2.75) is 46.5 Å². The molecular formula is C15H24. The fourth-order valence-corrected chi connectivity index (χ4v) is 2.00. The number of rotatable bonds is 1. The topological polar surface area (TPSA) is 0 Å². The quantitative estimate of drug-likeness (QED) is 0.533. The van der Waals surface area contributed by atoms with E-state index in [9.17, 15) is 0 Å². The van der Waals surface area contributed by atoms with Gasteiger partial charge in [-0.1, -0.05) is 42.9 Å². The number of allylic oxidation sites excluding steroid dienone is 5. The third kappa shape index (κ3) is 4.51. The zero-order chi connectivity index (χ0) is 11.3. The smallest absolute Gasteiger partial charge is 0.00256 e. The van der Waals surface area contributed by atoms with Crippen LogP contribution in [0.2, 0.25) is 0 Å². The van der Waals surface area contributed by atoms with Crippen molar-refractivity contribution < 1.29 is 0 Å². The van der Waals surface area contributed by atoms with E-state index in [2.05, 4.69) is 45.6 Å². The third-order valence-electron chi connectivity index (χ3n) is 3.27. The van der Waals surface area contributed by atoms with Crippen molar-refractivity contribution >= 4 is 0 Å². The summed E-state index contributed by atoms with van der Waals surface area (Å²) in [5.41, 5.74) is 2.84. The van der Waals surface area contributed by atoms with Crippen LogP contribution in [0.3, 0.4) is 0 Å². The zero-order valence-electron chi connectivity index (χ0n) is 10.4. The highest BCUT2D eigenvalue weighted by Crippen LogP contribution is 2.23. The largest absolute Gasteiger partial charge is 0.0995 e. The maximum Gasteiger partial charge on any atom is -0.00256 e. The van der Waals surface area contributed by atoms with Gasteiger partial charge in [0.25, 0.3) is 0 Å². The molecule has 1 rings (SSSR count). The standard InChI is InChI=1S/C15H24/c1-12(2)15-10-8-13(3)6-5-7-14(4)9-11-15/h6,9,11,14-15H,1,5,7-8,10H2,2-4H3/b11-9+,13-6+/t14-,15+/m0/s1. The summed E-state index contributed by atoms with van der Waals surface area (Å²) >= 11 is 0. The molecule has 0 aromatic carbocycles. The molecule has 0 amide bonds. The van der Waals surface area contributed by atoms with E-state index in [1.54, 1.807) is 5.57 Å². The van der Waals surface area contributed by atoms with Crippen molar-refractivity contribution in [1.82, 2.24) is 0 Å². The second kappa shape index (κ2) is 5.95. The van der Waals surface area contributed by atoms with Crippen LogP contribution in [0.1, 0.15) is 46.5 Å². The first-order valence-corrected chi connectivity index (χ1v) is 6.09. The summed E-state index contributed by atoms with van der Waals surface area (Å²) in [6.45, 7) is 10.8. The molecule has 0 aliphatic heterocycles. The molecule has 0 saturated carbocycles. The van der Waals surface area contributed by atoms with Gasteiger partial charge in [-0.15, -0.1) is 0 Å². The van der Waals surface area contributed by atoms with Gasteiger partial charge in [0, 0.05) is 0 Å². The van der Waals surface area contributed by atoms with Crippen LogP contribution in [0.25, 0.3) is 0 Å².